The van der Waals surface area contributed by atoms with Crippen LogP contribution in [0.15, 0.2) is 48.7 Å². The molecule has 0 radical (unpaired) electrons. The first-order chi connectivity index (χ1) is 15.6. The first-order valence-electron chi connectivity index (χ1n) is 11.2. The second kappa shape index (κ2) is 8.96. The number of aryl methyl sites for hydroxylation is 2. The topological polar surface area (TPSA) is 40.6 Å². The third-order valence-electron chi connectivity index (χ3n) is 6.57. The second-order valence-electron chi connectivity index (χ2n) is 8.61. The number of fused-ring (bicyclic) bond motifs is 2. The van der Waals surface area contributed by atoms with E-state index in [1.807, 2.05) is 29.7 Å². The van der Waals surface area contributed by atoms with Gasteiger partial charge in [-0.1, -0.05) is 18.2 Å². The number of ether oxygens (including phenoxy) is 1. The lowest BCUT2D eigenvalue weighted by molar-refractivity contribution is 0.127. The van der Waals surface area contributed by atoms with Gasteiger partial charge in [-0.2, -0.15) is 0 Å². The van der Waals surface area contributed by atoms with E-state index in [0.717, 1.165) is 48.8 Å². The van der Waals surface area contributed by atoms with Crippen LogP contribution in [0.3, 0.4) is 0 Å². The molecule has 32 heavy (non-hydrogen) atoms. The van der Waals surface area contributed by atoms with Crippen molar-refractivity contribution in [3.63, 3.8) is 0 Å². The smallest absolute Gasteiger partial charge is 0.122 e. The number of methoxy groups -OCH3 is 1. The third-order valence-corrected chi connectivity index (χ3v) is 7.55. The van der Waals surface area contributed by atoms with E-state index in [9.17, 15) is 0 Å². The molecule has 0 aliphatic carbocycles. The van der Waals surface area contributed by atoms with E-state index in [0.29, 0.717) is 6.04 Å². The molecule has 0 spiro atoms. The SMILES string of the molecule is COc1ccccc1CCC1CN(C2=c3ncccc3=CNc3sc(C)cc32)CCN1C. The highest BCUT2D eigenvalue weighted by Crippen LogP contribution is 2.35. The first kappa shape index (κ1) is 21.0. The summed E-state index contributed by atoms with van der Waals surface area (Å²) in [5.74, 6) is 0.985. The van der Waals surface area contributed by atoms with Gasteiger partial charge in [-0.05, 0) is 56.6 Å². The number of para-hydroxylation sites is 1. The summed E-state index contributed by atoms with van der Waals surface area (Å²) < 4.78 is 5.58. The summed E-state index contributed by atoms with van der Waals surface area (Å²) in [6.07, 6.45) is 6.11. The Hall–Kier alpha value is -2.83. The normalized spacial score (nSPS) is 18.3. The van der Waals surface area contributed by atoms with E-state index in [2.05, 4.69) is 65.6 Å². The maximum absolute atomic E-state index is 5.58. The van der Waals surface area contributed by atoms with Crippen molar-refractivity contribution in [2.75, 3.05) is 39.1 Å². The summed E-state index contributed by atoms with van der Waals surface area (Å²) in [6.45, 7) is 5.21. The van der Waals surface area contributed by atoms with Gasteiger partial charge in [-0.15, -0.1) is 11.3 Å². The molecule has 2 aliphatic heterocycles. The number of nitrogens with one attached hydrogen (secondary N) is 1. The first-order valence-corrected chi connectivity index (χ1v) is 12.1. The summed E-state index contributed by atoms with van der Waals surface area (Å²) in [5, 5.41) is 6.96. The van der Waals surface area contributed by atoms with Gasteiger partial charge in [0.25, 0.3) is 0 Å². The molecule has 0 amide bonds. The summed E-state index contributed by atoms with van der Waals surface area (Å²) >= 11 is 1.81. The number of pyridine rings is 1. The lowest BCUT2D eigenvalue weighted by Gasteiger charge is -2.41. The van der Waals surface area contributed by atoms with Gasteiger partial charge in [0.05, 0.1) is 18.2 Å². The van der Waals surface area contributed by atoms with Gasteiger partial charge >= 0.3 is 0 Å². The summed E-state index contributed by atoms with van der Waals surface area (Å²) in [5.41, 5.74) is 3.81. The van der Waals surface area contributed by atoms with Gasteiger partial charge in [-0.25, -0.2) is 0 Å². The highest BCUT2D eigenvalue weighted by Gasteiger charge is 2.29. The number of anilines is 1. The molecule has 166 valence electrons. The number of nitrogens with zero attached hydrogens (tertiary/aromatic N) is 3. The molecule has 1 unspecified atom stereocenters. The van der Waals surface area contributed by atoms with Crippen molar-refractivity contribution >= 4 is 28.2 Å². The lowest BCUT2D eigenvalue weighted by atomic mass is 10.0. The molecule has 1 saturated heterocycles. The molecule has 1 aromatic carbocycles. The number of hydrogen-bond acceptors (Lipinski definition) is 6. The number of aromatic nitrogens is 1. The van der Waals surface area contributed by atoms with Crippen molar-refractivity contribution in [1.29, 1.82) is 0 Å². The Morgan fingerprint density at radius 3 is 2.94 bits per heavy atom. The van der Waals surface area contributed by atoms with Crippen LogP contribution in [0.1, 0.15) is 22.4 Å². The van der Waals surface area contributed by atoms with Crippen LogP contribution in [0.4, 0.5) is 5.00 Å². The van der Waals surface area contributed by atoms with Crippen LogP contribution in [0.25, 0.3) is 11.9 Å². The Kier molecular flexibility index (Phi) is 5.89. The van der Waals surface area contributed by atoms with Crippen molar-refractivity contribution < 1.29 is 4.74 Å². The quantitative estimate of drug-likeness (QED) is 0.653. The van der Waals surface area contributed by atoms with Crippen molar-refractivity contribution in [2.45, 2.75) is 25.8 Å². The molecular formula is C26H30N4OS. The molecule has 1 fully saturated rings. The molecule has 2 aliphatic rings. The third kappa shape index (κ3) is 4.00. The Bertz CT molecular complexity index is 1230. The zero-order valence-electron chi connectivity index (χ0n) is 19.0. The van der Waals surface area contributed by atoms with Crippen LogP contribution < -0.4 is 20.6 Å². The average molecular weight is 447 g/mol. The molecule has 5 nitrogen and oxygen atoms in total. The number of hydrogen-bond donors (Lipinski definition) is 1. The van der Waals surface area contributed by atoms with Gasteiger partial charge in [0.15, 0.2) is 0 Å². The highest BCUT2D eigenvalue weighted by atomic mass is 32.1. The molecule has 6 heteroatoms. The van der Waals surface area contributed by atoms with E-state index in [4.69, 9.17) is 9.72 Å². The molecule has 0 bridgehead atoms. The number of piperazine rings is 1. The molecule has 5 rings (SSSR count). The fraction of sp³-hybridized carbons (Fsp3) is 0.346. The Morgan fingerprint density at radius 2 is 2.06 bits per heavy atom. The van der Waals surface area contributed by atoms with Gasteiger partial charge in [0.2, 0.25) is 0 Å². The highest BCUT2D eigenvalue weighted by molar-refractivity contribution is 7.16. The standard InChI is InChI=1S/C26H30N4OS/c1-18-15-22-25(24-20(8-6-12-27-24)16-28-26(22)32-18)30-14-13-29(2)21(17-30)11-10-19-7-4-5-9-23(19)31-3/h4-9,12,15-16,21,28H,10-11,13-14,17H2,1-3H3. The lowest BCUT2D eigenvalue weighted by Crippen LogP contribution is -2.52. The van der Waals surface area contributed by atoms with Gasteiger partial charge < -0.3 is 15.0 Å². The van der Waals surface area contributed by atoms with Crippen LogP contribution in [0, 0.1) is 6.92 Å². The number of rotatable bonds is 5. The van der Waals surface area contributed by atoms with Gasteiger partial charge in [-0.3, -0.25) is 9.88 Å². The van der Waals surface area contributed by atoms with Crippen molar-refractivity contribution in [1.82, 2.24) is 14.8 Å². The minimum absolute atomic E-state index is 0.469. The monoisotopic (exact) mass is 446 g/mol. The summed E-state index contributed by atoms with van der Waals surface area (Å²) in [4.78, 5) is 11.2. The Morgan fingerprint density at radius 1 is 1.19 bits per heavy atom. The Balaban J connectivity index is 1.47. The fourth-order valence-electron chi connectivity index (χ4n) is 4.81. The van der Waals surface area contributed by atoms with Gasteiger partial charge in [0, 0.05) is 53.7 Å². The molecule has 2 aromatic heterocycles. The van der Waals surface area contributed by atoms with Crippen molar-refractivity contribution in [2.24, 2.45) is 0 Å². The second-order valence-corrected chi connectivity index (χ2v) is 9.87. The van der Waals surface area contributed by atoms with E-state index in [-0.39, 0.29) is 0 Å². The van der Waals surface area contributed by atoms with E-state index < -0.39 is 0 Å². The number of thiophene rings is 1. The predicted octanol–water partition coefficient (Wildman–Crippen LogP) is 3.03. The van der Waals surface area contributed by atoms with Crippen molar-refractivity contribution in [3.05, 3.63) is 75.2 Å². The molecular weight excluding hydrogens is 416 g/mol. The van der Waals surface area contributed by atoms with E-state index >= 15 is 0 Å². The largest absolute Gasteiger partial charge is 0.496 e. The maximum atomic E-state index is 5.58. The zero-order valence-corrected chi connectivity index (χ0v) is 19.8. The van der Waals surface area contributed by atoms with Gasteiger partial charge in [0.1, 0.15) is 10.8 Å². The minimum atomic E-state index is 0.469. The number of benzene rings is 1. The van der Waals surface area contributed by atoms with E-state index in [1.54, 1.807) is 7.11 Å². The maximum Gasteiger partial charge on any atom is 0.122 e. The molecule has 3 aromatic rings. The van der Waals surface area contributed by atoms with E-state index in [1.165, 1.54) is 26.7 Å². The zero-order chi connectivity index (χ0) is 22.1. The molecule has 4 heterocycles. The van der Waals surface area contributed by atoms with Crippen LogP contribution in [-0.2, 0) is 6.42 Å². The van der Waals surface area contributed by atoms with Crippen LogP contribution in [-0.4, -0.2) is 54.6 Å². The summed E-state index contributed by atoms with van der Waals surface area (Å²) in [6, 6.07) is 15.3. The molecule has 1 atom stereocenters. The van der Waals surface area contributed by atoms with Crippen LogP contribution >= 0.6 is 11.3 Å². The predicted molar refractivity (Wildman–Crippen MR) is 132 cm³/mol. The Labute approximate surface area is 193 Å². The molecule has 1 N–H and O–H groups in total. The van der Waals surface area contributed by atoms with Crippen LogP contribution in [0.5, 0.6) is 5.75 Å². The number of likely N-dealkylation sites (N-methyl/N-ethyl adjacent to an activating group) is 1. The minimum Gasteiger partial charge on any atom is -0.496 e. The summed E-state index contributed by atoms with van der Waals surface area (Å²) in [7, 11) is 4.01. The van der Waals surface area contributed by atoms with Crippen molar-refractivity contribution in [3.8, 4) is 5.75 Å². The average Bonchev–Trinajstić information content (AvgIpc) is 3.11. The van der Waals surface area contributed by atoms with Crippen LogP contribution in [0.2, 0.25) is 0 Å². The fourth-order valence-corrected chi connectivity index (χ4v) is 5.70. The molecule has 0 saturated carbocycles.